The molecular weight excluding hydrogens is 293 g/mol. The molecule has 2 aromatic carbocycles. The highest BCUT2D eigenvalue weighted by Gasteiger charge is 2.30. The van der Waals surface area contributed by atoms with Crippen LogP contribution in [0.4, 0.5) is 10.1 Å². The molecule has 1 heterocycles. The highest BCUT2D eigenvalue weighted by Crippen LogP contribution is 2.35. The molecule has 0 fully saturated rings. The molecule has 1 aliphatic rings. The van der Waals surface area contributed by atoms with Crippen molar-refractivity contribution in [1.29, 1.82) is 0 Å². The summed E-state index contributed by atoms with van der Waals surface area (Å²) in [4.78, 5) is 0.187. The topological polar surface area (TPSA) is 66.4 Å². The lowest BCUT2D eigenvalue weighted by atomic mass is 10.0. The van der Waals surface area contributed by atoms with Crippen LogP contribution in [0.15, 0.2) is 47.4 Å². The summed E-state index contributed by atoms with van der Waals surface area (Å²) in [5.41, 5.74) is 1.20. The number of benzene rings is 2. The number of rotatable bonds is 2. The van der Waals surface area contributed by atoms with E-state index in [0.717, 1.165) is 5.69 Å². The Bertz CT molecular complexity index is 772. The zero-order valence-electron chi connectivity index (χ0n) is 11.1. The molecule has 110 valence electrons. The number of nitrogens with one attached hydrogen (secondary N) is 1. The maximum Gasteiger partial charge on any atom is 0.178 e. The Morgan fingerprint density at radius 2 is 1.86 bits per heavy atom. The minimum absolute atomic E-state index is 0.0291. The van der Waals surface area contributed by atoms with E-state index in [9.17, 15) is 17.9 Å². The smallest absolute Gasteiger partial charge is 0.178 e. The van der Waals surface area contributed by atoms with E-state index in [1.807, 2.05) is 0 Å². The van der Waals surface area contributed by atoms with Gasteiger partial charge >= 0.3 is 0 Å². The molecule has 0 amide bonds. The predicted molar refractivity (Wildman–Crippen MR) is 77.5 cm³/mol. The van der Waals surface area contributed by atoms with Crippen LogP contribution in [0.3, 0.4) is 0 Å². The van der Waals surface area contributed by atoms with Crippen molar-refractivity contribution in [3.63, 3.8) is 0 Å². The quantitative estimate of drug-likeness (QED) is 0.661. The van der Waals surface area contributed by atoms with E-state index >= 15 is 0 Å². The van der Waals surface area contributed by atoms with Gasteiger partial charge in [0.15, 0.2) is 9.84 Å². The number of anilines is 1. The minimum atomic E-state index is -3.34. The van der Waals surface area contributed by atoms with Gasteiger partial charge in [-0.05, 0) is 54.4 Å². The third kappa shape index (κ3) is 2.71. The summed E-state index contributed by atoms with van der Waals surface area (Å²) in [6, 6.07) is 9.94. The van der Waals surface area contributed by atoms with Crippen LogP contribution < -0.4 is 5.32 Å². The van der Waals surface area contributed by atoms with Gasteiger partial charge in [0.2, 0.25) is 0 Å². The number of phenols is 1. The fourth-order valence-electron chi connectivity index (χ4n) is 2.52. The van der Waals surface area contributed by atoms with Crippen molar-refractivity contribution in [2.24, 2.45) is 0 Å². The Morgan fingerprint density at radius 3 is 2.57 bits per heavy atom. The lowest BCUT2D eigenvalue weighted by molar-refractivity contribution is 0.475. The van der Waals surface area contributed by atoms with Gasteiger partial charge in [-0.25, -0.2) is 12.8 Å². The summed E-state index contributed by atoms with van der Waals surface area (Å²) in [5.74, 6) is -0.275. The van der Waals surface area contributed by atoms with Gasteiger partial charge in [0.1, 0.15) is 11.6 Å². The standard InChI is InChI=1S/C15H14FNO3S/c16-10-1-6-15-13(9-10)14(7-8-21(15,19)20)17-11-2-4-12(18)5-3-11/h1-6,9,14,17-18H,7-8H2. The van der Waals surface area contributed by atoms with E-state index in [2.05, 4.69) is 5.32 Å². The van der Waals surface area contributed by atoms with Crippen LogP contribution in [0.2, 0.25) is 0 Å². The second kappa shape index (κ2) is 5.04. The van der Waals surface area contributed by atoms with Gasteiger partial charge in [0.25, 0.3) is 0 Å². The molecule has 0 saturated carbocycles. The first-order chi connectivity index (χ1) is 9.95. The first-order valence-corrected chi connectivity index (χ1v) is 8.19. The first-order valence-electron chi connectivity index (χ1n) is 6.53. The Hall–Kier alpha value is -2.08. The maximum absolute atomic E-state index is 13.5. The van der Waals surface area contributed by atoms with Crippen LogP contribution in [0.25, 0.3) is 0 Å². The molecule has 0 aromatic heterocycles. The molecule has 1 atom stereocenters. The van der Waals surface area contributed by atoms with Crippen molar-refractivity contribution in [2.75, 3.05) is 11.1 Å². The second-order valence-corrected chi connectivity index (χ2v) is 7.11. The maximum atomic E-state index is 13.5. The SMILES string of the molecule is O=S1(=O)CCC(Nc2ccc(O)cc2)c2cc(F)ccc21. The van der Waals surface area contributed by atoms with Crippen molar-refractivity contribution < 1.29 is 17.9 Å². The van der Waals surface area contributed by atoms with Crippen LogP contribution in [-0.2, 0) is 9.84 Å². The highest BCUT2D eigenvalue weighted by atomic mass is 32.2. The van der Waals surface area contributed by atoms with E-state index in [0.29, 0.717) is 12.0 Å². The Balaban J connectivity index is 1.98. The molecule has 0 saturated heterocycles. The summed E-state index contributed by atoms with van der Waals surface area (Å²) >= 11 is 0. The molecule has 1 aliphatic heterocycles. The number of fused-ring (bicyclic) bond motifs is 1. The average Bonchev–Trinajstić information content (AvgIpc) is 2.44. The number of halogens is 1. The highest BCUT2D eigenvalue weighted by molar-refractivity contribution is 7.91. The number of aromatic hydroxyl groups is 1. The van der Waals surface area contributed by atoms with E-state index in [-0.39, 0.29) is 22.4 Å². The number of hydrogen-bond donors (Lipinski definition) is 2. The van der Waals surface area contributed by atoms with E-state index in [1.54, 1.807) is 12.1 Å². The van der Waals surface area contributed by atoms with Crippen molar-refractivity contribution in [3.8, 4) is 5.75 Å². The average molecular weight is 307 g/mol. The molecule has 1 unspecified atom stereocenters. The van der Waals surface area contributed by atoms with Crippen LogP contribution in [0.5, 0.6) is 5.75 Å². The van der Waals surface area contributed by atoms with Crippen LogP contribution in [-0.4, -0.2) is 19.3 Å². The molecule has 3 rings (SSSR count). The summed E-state index contributed by atoms with van der Waals surface area (Å²) in [6.45, 7) is 0. The molecule has 21 heavy (non-hydrogen) atoms. The van der Waals surface area contributed by atoms with Crippen molar-refractivity contribution in [1.82, 2.24) is 0 Å². The Morgan fingerprint density at radius 1 is 1.14 bits per heavy atom. The first kappa shape index (κ1) is 13.9. The molecule has 0 bridgehead atoms. The summed E-state index contributed by atoms with van der Waals surface area (Å²) in [5, 5.41) is 12.5. The summed E-state index contributed by atoms with van der Waals surface area (Å²) in [7, 11) is -3.34. The predicted octanol–water partition coefficient (Wildman–Crippen LogP) is 2.86. The lowest BCUT2D eigenvalue weighted by Crippen LogP contribution is -2.24. The van der Waals surface area contributed by atoms with Crippen molar-refractivity contribution in [2.45, 2.75) is 17.4 Å². The van der Waals surface area contributed by atoms with E-state index < -0.39 is 15.7 Å². The molecule has 2 aromatic rings. The molecule has 4 nitrogen and oxygen atoms in total. The van der Waals surface area contributed by atoms with Gasteiger partial charge in [-0.1, -0.05) is 0 Å². The van der Waals surface area contributed by atoms with Crippen molar-refractivity contribution in [3.05, 3.63) is 53.8 Å². The molecule has 0 aliphatic carbocycles. The normalized spacial score (nSPS) is 19.8. The minimum Gasteiger partial charge on any atom is -0.508 e. The van der Waals surface area contributed by atoms with Gasteiger partial charge in [-0.15, -0.1) is 0 Å². The molecular formula is C15H14FNO3S. The number of phenolic OH excluding ortho intramolecular Hbond substituents is 1. The van der Waals surface area contributed by atoms with E-state index in [1.165, 1.54) is 30.3 Å². The summed E-state index contributed by atoms with van der Waals surface area (Å²) < 4.78 is 37.5. The monoisotopic (exact) mass is 307 g/mol. The zero-order chi connectivity index (χ0) is 15.0. The van der Waals surface area contributed by atoms with Crippen LogP contribution >= 0.6 is 0 Å². The van der Waals surface area contributed by atoms with Gasteiger partial charge < -0.3 is 10.4 Å². The third-order valence-electron chi connectivity index (χ3n) is 3.57. The fourth-order valence-corrected chi connectivity index (χ4v) is 4.12. The van der Waals surface area contributed by atoms with Crippen molar-refractivity contribution >= 4 is 15.5 Å². The van der Waals surface area contributed by atoms with Gasteiger partial charge in [0, 0.05) is 5.69 Å². The Labute approximate surface area is 122 Å². The van der Waals surface area contributed by atoms with Crippen LogP contribution in [0, 0.1) is 5.82 Å². The fraction of sp³-hybridized carbons (Fsp3) is 0.200. The van der Waals surface area contributed by atoms with Gasteiger partial charge in [0.05, 0.1) is 16.7 Å². The van der Waals surface area contributed by atoms with E-state index in [4.69, 9.17) is 0 Å². The lowest BCUT2D eigenvalue weighted by Gasteiger charge is -2.27. The molecule has 0 radical (unpaired) electrons. The molecule has 0 spiro atoms. The van der Waals surface area contributed by atoms with Crippen LogP contribution in [0.1, 0.15) is 18.0 Å². The number of hydrogen-bond acceptors (Lipinski definition) is 4. The Kier molecular flexibility index (Phi) is 3.33. The number of sulfone groups is 1. The third-order valence-corrected chi connectivity index (χ3v) is 5.38. The molecule has 2 N–H and O–H groups in total. The summed E-state index contributed by atoms with van der Waals surface area (Å²) in [6.07, 6.45) is 0.375. The second-order valence-electron chi connectivity index (χ2n) is 5.03. The van der Waals surface area contributed by atoms with Gasteiger partial charge in [-0.2, -0.15) is 0 Å². The largest absolute Gasteiger partial charge is 0.508 e. The molecule has 6 heteroatoms. The zero-order valence-corrected chi connectivity index (χ0v) is 11.9. The van der Waals surface area contributed by atoms with Gasteiger partial charge in [-0.3, -0.25) is 0 Å².